The smallest absolute Gasteiger partial charge is 0.444 e. The first-order chi connectivity index (χ1) is 7.76. The van der Waals surface area contributed by atoms with Crippen molar-refractivity contribution in [3.8, 4) is 0 Å². The van der Waals surface area contributed by atoms with Gasteiger partial charge in [0, 0.05) is 6.42 Å². The Labute approximate surface area is 102 Å². The van der Waals surface area contributed by atoms with Gasteiger partial charge in [-0.1, -0.05) is 0 Å². The molecule has 17 heavy (non-hydrogen) atoms. The Morgan fingerprint density at radius 2 is 2.18 bits per heavy atom. The Morgan fingerprint density at radius 3 is 2.71 bits per heavy atom. The predicted octanol–water partition coefficient (Wildman–Crippen LogP) is 2.95. The summed E-state index contributed by atoms with van der Waals surface area (Å²) in [5.41, 5.74) is -0.501. The third kappa shape index (κ3) is 5.68. The lowest BCUT2D eigenvalue weighted by molar-refractivity contribution is 0.0514. The number of allylic oxidation sites excluding steroid dienone is 1. The lowest BCUT2D eigenvalue weighted by Gasteiger charge is -2.21. The summed E-state index contributed by atoms with van der Waals surface area (Å²) in [4.78, 5) is 11.5. The fourth-order valence-corrected chi connectivity index (χ4v) is 1.99. The van der Waals surface area contributed by atoms with Crippen LogP contribution in [0.15, 0.2) is 11.8 Å². The van der Waals surface area contributed by atoms with E-state index in [-0.39, 0.29) is 6.04 Å². The molecule has 1 aliphatic rings. The standard InChI is InChI=1S/C11H18NO4P/c1-11(2,3)15-10(13)12-8-5-6-9(7-8)16-17(4)14/h7-8H,5-6H2,1-4H3/p+1. The summed E-state index contributed by atoms with van der Waals surface area (Å²) in [5, 5.41) is 2.73. The molecule has 1 amide bonds. The average molecular weight is 260 g/mol. The molecule has 0 spiro atoms. The lowest BCUT2D eigenvalue weighted by atomic mass is 10.2. The molecule has 0 fully saturated rings. The molecule has 0 aromatic heterocycles. The van der Waals surface area contributed by atoms with Crippen molar-refractivity contribution >= 4 is 14.1 Å². The minimum atomic E-state index is -1.64. The highest BCUT2D eigenvalue weighted by atomic mass is 31.1. The number of ether oxygens (including phenoxy) is 1. The zero-order valence-corrected chi connectivity index (χ0v) is 11.5. The summed E-state index contributed by atoms with van der Waals surface area (Å²) >= 11 is 0. The molecule has 0 saturated heterocycles. The van der Waals surface area contributed by atoms with Crippen molar-refractivity contribution in [1.82, 2.24) is 5.32 Å². The molecule has 1 rings (SSSR count). The van der Waals surface area contributed by atoms with Crippen LogP contribution < -0.4 is 5.32 Å². The molecule has 0 bridgehead atoms. The number of hydrogen-bond acceptors (Lipinski definition) is 4. The average Bonchev–Trinajstić information content (AvgIpc) is 2.46. The SMILES string of the molecule is C[P+](=O)OC1=CC(NC(=O)OC(C)(C)C)CC1. The Balaban J connectivity index is 2.41. The van der Waals surface area contributed by atoms with Crippen LogP contribution in [-0.4, -0.2) is 24.4 Å². The number of hydrogen-bond donors (Lipinski definition) is 1. The third-order valence-electron chi connectivity index (χ3n) is 2.04. The fourth-order valence-electron chi connectivity index (χ4n) is 1.50. The first kappa shape index (κ1) is 14.0. The molecule has 0 aromatic rings. The monoisotopic (exact) mass is 260 g/mol. The number of rotatable bonds is 3. The van der Waals surface area contributed by atoms with Gasteiger partial charge in [0.05, 0.1) is 6.04 Å². The van der Waals surface area contributed by atoms with Crippen LogP contribution in [0.4, 0.5) is 4.79 Å². The minimum absolute atomic E-state index is 0.102. The van der Waals surface area contributed by atoms with Crippen LogP contribution in [0.3, 0.4) is 0 Å². The van der Waals surface area contributed by atoms with Gasteiger partial charge in [-0.3, -0.25) is 4.52 Å². The van der Waals surface area contributed by atoms with E-state index in [4.69, 9.17) is 9.26 Å². The number of alkyl carbamates (subject to hydrolysis) is 1. The maximum absolute atomic E-state index is 11.5. The number of nitrogens with one attached hydrogen (secondary N) is 1. The minimum Gasteiger partial charge on any atom is -0.444 e. The quantitative estimate of drug-likeness (QED) is 0.792. The van der Waals surface area contributed by atoms with Crippen LogP contribution in [-0.2, 0) is 13.8 Å². The van der Waals surface area contributed by atoms with E-state index in [1.54, 1.807) is 6.08 Å². The van der Waals surface area contributed by atoms with Gasteiger partial charge in [-0.25, -0.2) is 4.79 Å². The third-order valence-corrected chi connectivity index (χ3v) is 2.53. The molecule has 1 N–H and O–H groups in total. The zero-order valence-electron chi connectivity index (χ0n) is 10.6. The van der Waals surface area contributed by atoms with Gasteiger partial charge in [0.25, 0.3) is 0 Å². The Morgan fingerprint density at radius 1 is 1.53 bits per heavy atom. The van der Waals surface area contributed by atoms with E-state index in [1.165, 1.54) is 6.66 Å². The first-order valence-electron chi connectivity index (χ1n) is 5.55. The van der Waals surface area contributed by atoms with Gasteiger partial charge in [-0.05, 0) is 37.8 Å². The van der Waals surface area contributed by atoms with Crippen LogP contribution in [0.2, 0.25) is 0 Å². The normalized spacial score (nSPS) is 20.6. The Kier molecular flexibility index (Phi) is 4.52. The van der Waals surface area contributed by atoms with Crippen molar-refractivity contribution in [2.45, 2.75) is 45.3 Å². The van der Waals surface area contributed by atoms with E-state index in [1.807, 2.05) is 20.8 Å². The summed E-state index contributed by atoms with van der Waals surface area (Å²) < 4.78 is 21.1. The first-order valence-corrected chi connectivity index (χ1v) is 7.18. The number of carbonyl (C=O) groups excluding carboxylic acids is 1. The van der Waals surface area contributed by atoms with Gasteiger partial charge in [0.2, 0.25) is 0 Å². The number of amides is 1. The molecular weight excluding hydrogens is 241 g/mol. The molecule has 0 heterocycles. The summed E-state index contributed by atoms with van der Waals surface area (Å²) in [6.45, 7) is 6.94. The van der Waals surface area contributed by atoms with Crippen molar-refractivity contribution in [3.05, 3.63) is 11.8 Å². The highest BCUT2D eigenvalue weighted by Crippen LogP contribution is 2.29. The summed E-state index contributed by atoms with van der Waals surface area (Å²) in [6.07, 6.45) is 2.77. The Bertz CT molecular complexity index is 346. The van der Waals surface area contributed by atoms with Crippen molar-refractivity contribution in [2.24, 2.45) is 0 Å². The second-order valence-corrected chi connectivity index (χ2v) is 6.02. The van der Waals surface area contributed by atoms with Gasteiger partial charge in [-0.2, -0.15) is 0 Å². The lowest BCUT2D eigenvalue weighted by Crippen LogP contribution is -2.37. The highest BCUT2D eigenvalue weighted by molar-refractivity contribution is 7.38. The maximum Gasteiger partial charge on any atom is 0.552 e. The van der Waals surface area contributed by atoms with Crippen LogP contribution in [0.1, 0.15) is 33.6 Å². The van der Waals surface area contributed by atoms with E-state index in [0.717, 1.165) is 6.42 Å². The topological polar surface area (TPSA) is 64.6 Å². The molecule has 1 aliphatic carbocycles. The van der Waals surface area contributed by atoms with Gasteiger partial charge >= 0.3 is 14.1 Å². The molecular formula is C11H19NO4P+. The molecule has 0 aliphatic heterocycles. The van der Waals surface area contributed by atoms with E-state index >= 15 is 0 Å². The molecule has 96 valence electrons. The van der Waals surface area contributed by atoms with Crippen LogP contribution in [0, 0.1) is 0 Å². The molecule has 6 heteroatoms. The van der Waals surface area contributed by atoms with Gasteiger partial charge < -0.3 is 10.1 Å². The second kappa shape index (κ2) is 5.50. The van der Waals surface area contributed by atoms with Crippen molar-refractivity contribution in [1.29, 1.82) is 0 Å². The second-order valence-electron chi connectivity index (χ2n) is 4.96. The maximum atomic E-state index is 11.5. The van der Waals surface area contributed by atoms with E-state index < -0.39 is 19.7 Å². The summed E-state index contributed by atoms with van der Waals surface area (Å²) in [6, 6.07) is -0.102. The Hall–Kier alpha value is -1.09. The van der Waals surface area contributed by atoms with Crippen LogP contribution >= 0.6 is 8.03 Å². The molecule has 0 saturated carbocycles. The molecule has 0 aromatic carbocycles. The largest absolute Gasteiger partial charge is 0.552 e. The van der Waals surface area contributed by atoms with Crippen molar-refractivity contribution in [2.75, 3.05) is 6.66 Å². The fraction of sp³-hybridized carbons (Fsp3) is 0.727. The zero-order chi connectivity index (χ0) is 13.1. The van der Waals surface area contributed by atoms with Gasteiger partial charge in [-0.15, -0.1) is 0 Å². The molecule has 2 unspecified atom stereocenters. The van der Waals surface area contributed by atoms with E-state index in [2.05, 4.69) is 5.32 Å². The van der Waals surface area contributed by atoms with Crippen LogP contribution in [0.25, 0.3) is 0 Å². The number of carbonyl (C=O) groups is 1. The van der Waals surface area contributed by atoms with E-state index in [9.17, 15) is 9.36 Å². The van der Waals surface area contributed by atoms with E-state index in [0.29, 0.717) is 12.2 Å². The predicted molar refractivity (Wildman–Crippen MR) is 65.1 cm³/mol. The van der Waals surface area contributed by atoms with Gasteiger partial charge in [0.15, 0.2) is 12.4 Å². The highest BCUT2D eigenvalue weighted by Gasteiger charge is 2.25. The van der Waals surface area contributed by atoms with Gasteiger partial charge in [0.1, 0.15) is 5.60 Å². The molecule has 5 nitrogen and oxygen atoms in total. The summed E-state index contributed by atoms with van der Waals surface area (Å²) in [7, 11) is -1.64. The molecule has 0 radical (unpaired) electrons. The summed E-state index contributed by atoms with van der Waals surface area (Å²) in [5.74, 6) is 0.676. The van der Waals surface area contributed by atoms with Crippen LogP contribution in [0.5, 0.6) is 0 Å². The van der Waals surface area contributed by atoms with Crippen molar-refractivity contribution in [3.63, 3.8) is 0 Å². The molecule has 2 atom stereocenters. The van der Waals surface area contributed by atoms with Crippen molar-refractivity contribution < 1.29 is 18.6 Å².